The Hall–Kier alpha value is -3.76. The van der Waals surface area contributed by atoms with E-state index in [9.17, 15) is 13.2 Å². The van der Waals surface area contributed by atoms with E-state index in [-0.39, 0.29) is 10.5 Å². The smallest absolute Gasteiger partial charge is 0.260 e. The molecule has 3 heterocycles. The number of hydrogen-bond acceptors (Lipinski definition) is 8. The molecule has 9 nitrogen and oxygen atoms in total. The van der Waals surface area contributed by atoms with Crippen molar-refractivity contribution in [1.29, 1.82) is 0 Å². The van der Waals surface area contributed by atoms with E-state index in [1.807, 2.05) is 19.1 Å². The number of anilines is 3. The molecule has 0 aliphatic carbocycles. The van der Waals surface area contributed by atoms with Gasteiger partial charge in [-0.15, -0.1) is 0 Å². The summed E-state index contributed by atoms with van der Waals surface area (Å²) >= 11 is 0. The van der Waals surface area contributed by atoms with E-state index in [4.69, 9.17) is 0 Å². The van der Waals surface area contributed by atoms with Gasteiger partial charge in [-0.3, -0.25) is 9.36 Å². The number of fused-ring (bicyclic) bond motifs is 1. The van der Waals surface area contributed by atoms with Crippen LogP contribution in [0.25, 0.3) is 22.2 Å². The highest BCUT2D eigenvalue weighted by molar-refractivity contribution is 7.90. The van der Waals surface area contributed by atoms with Crippen LogP contribution in [0, 0.1) is 0 Å². The van der Waals surface area contributed by atoms with Gasteiger partial charge in [0, 0.05) is 67.5 Å². The molecule has 192 valence electrons. The first-order valence-corrected chi connectivity index (χ1v) is 14.1. The van der Waals surface area contributed by atoms with Gasteiger partial charge < -0.3 is 15.1 Å². The molecule has 0 spiro atoms. The second-order valence-electron chi connectivity index (χ2n) is 9.34. The number of likely N-dealkylation sites (N-methyl/N-ethyl adjacent to an activating group) is 1. The molecule has 0 radical (unpaired) electrons. The highest BCUT2D eigenvalue weighted by Gasteiger charge is 2.16. The molecule has 2 aromatic heterocycles. The van der Waals surface area contributed by atoms with Crippen molar-refractivity contribution in [1.82, 2.24) is 19.4 Å². The molecule has 0 amide bonds. The van der Waals surface area contributed by atoms with Crippen LogP contribution in [0.3, 0.4) is 0 Å². The highest BCUT2D eigenvalue weighted by atomic mass is 32.2. The molecule has 4 aromatic rings. The van der Waals surface area contributed by atoms with Gasteiger partial charge in [-0.2, -0.15) is 4.98 Å². The van der Waals surface area contributed by atoms with Gasteiger partial charge in [0.2, 0.25) is 5.95 Å². The van der Waals surface area contributed by atoms with Crippen molar-refractivity contribution >= 4 is 38.2 Å². The van der Waals surface area contributed by atoms with Crippen molar-refractivity contribution in [2.24, 2.45) is 0 Å². The Kier molecular flexibility index (Phi) is 6.70. The van der Waals surface area contributed by atoms with Crippen molar-refractivity contribution in [3.8, 4) is 11.1 Å². The van der Waals surface area contributed by atoms with Crippen LogP contribution in [-0.4, -0.2) is 67.3 Å². The topological polar surface area (TPSA) is 100 Å². The summed E-state index contributed by atoms with van der Waals surface area (Å²) in [5, 5.41) is 3.94. The van der Waals surface area contributed by atoms with Crippen molar-refractivity contribution in [2.45, 2.75) is 18.4 Å². The van der Waals surface area contributed by atoms with Gasteiger partial charge in [0.1, 0.15) is 5.65 Å². The Morgan fingerprint density at radius 1 is 1.00 bits per heavy atom. The van der Waals surface area contributed by atoms with Crippen LogP contribution in [-0.2, 0) is 16.4 Å². The molecule has 1 aliphatic heterocycles. The fraction of sp³-hybridized carbons (Fsp3) is 0.296. The minimum absolute atomic E-state index is 0.169. The molecule has 0 bridgehead atoms. The number of sulfone groups is 1. The second kappa shape index (κ2) is 9.95. The lowest BCUT2D eigenvalue weighted by Crippen LogP contribution is -2.44. The summed E-state index contributed by atoms with van der Waals surface area (Å²) in [7, 11) is -1.26. The number of nitrogens with one attached hydrogen (secondary N) is 1. The zero-order valence-electron chi connectivity index (χ0n) is 21.2. The van der Waals surface area contributed by atoms with Crippen LogP contribution < -0.4 is 15.8 Å². The Labute approximate surface area is 216 Å². The van der Waals surface area contributed by atoms with Crippen LogP contribution in [0.1, 0.15) is 6.92 Å². The zero-order valence-corrected chi connectivity index (χ0v) is 22.0. The molecule has 1 fully saturated rings. The molecule has 37 heavy (non-hydrogen) atoms. The van der Waals surface area contributed by atoms with E-state index in [0.29, 0.717) is 34.7 Å². The average molecular weight is 519 g/mol. The van der Waals surface area contributed by atoms with E-state index in [2.05, 4.69) is 44.3 Å². The third-order valence-electron chi connectivity index (χ3n) is 6.71. The lowest BCUT2D eigenvalue weighted by Gasteiger charge is -2.34. The molecule has 2 aromatic carbocycles. The highest BCUT2D eigenvalue weighted by Crippen LogP contribution is 2.25. The largest absolute Gasteiger partial charge is 0.369 e. The first-order chi connectivity index (χ1) is 17.7. The quantitative estimate of drug-likeness (QED) is 0.415. The summed E-state index contributed by atoms with van der Waals surface area (Å²) in [6, 6.07) is 16.3. The van der Waals surface area contributed by atoms with Crippen LogP contribution >= 0.6 is 0 Å². The third-order valence-corrected chi connectivity index (χ3v) is 7.82. The van der Waals surface area contributed by atoms with Crippen molar-refractivity contribution in [3.05, 3.63) is 71.1 Å². The number of rotatable bonds is 6. The number of hydrogen-bond donors (Lipinski definition) is 1. The van der Waals surface area contributed by atoms with Crippen LogP contribution in [0.15, 0.2) is 70.5 Å². The van der Waals surface area contributed by atoms with Crippen LogP contribution in [0.4, 0.5) is 17.3 Å². The summed E-state index contributed by atoms with van der Waals surface area (Å²) in [6.07, 6.45) is 2.83. The van der Waals surface area contributed by atoms with Gasteiger partial charge in [-0.25, -0.2) is 13.4 Å². The van der Waals surface area contributed by atoms with E-state index < -0.39 is 9.84 Å². The van der Waals surface area contributed by atoms with Gasteiger partial charge in [0.25, 0.3) is 5.56 Å². The number of benzene rings is 2. The lowest BCUT2D eigenvalue weighted by atomic mass is 10.1. The predicted octanol–water partition coefficient (Wildman–Crippen LogP) is 3.38. The summed E-state index contributed by atoms with van der Waals surface area (Å²) in [6.45, 7) is 6.40. The average Bonchev–Trinajstić information content (AvgIpc) is 2.89. The predicted molar refractivity (Wildman–Crippen MR) is 147 cm³/mol. The normalized spacial score (nSPS) is 14.7. The molecular formula is C27H30N6O3S. The van der Waals surface area contributed by atoms with E-state index in [1.165, 1.54) is 17.8 Å². The summed E-state index contributed by atoms with van der Waals surface area (Å²) in [4.78, 5) is 27.4. The molecule has 0 saturated carbocycles. The summed E-state index contributed by atoms with van der Waals surface area (Å²) in [5.41, 5.74) is 3.27. The molecule has 0 atom stereocenters. The van der Waals surface area contributed by atoms with Gasteiger partial charge in [-0.1, -0.05) is 12.1 Å². The van der Waals surface area contributed by atoms with Crippen molar-refractivity contribution < 1.29 is 8.42 Å². The second-order valence-corrected chi connectivity index (χ2v) is 11.4. The number of aromatic nitrogens is 3. The SMILES string of the molecule is CCn1c(=O)c(-c2cccc(S(C)(=O)=O)c2)cc2cnc(Nc3ccc(N4CCN(C)CC4)cc3)nc21. The lowest BCUT2D eigenvalue weighted by molar-refractivity contribution is 0.313. The van der Waals surface area contributed by atoms with Gasteiger partial charge in [0.05, 0.1) is 4.90 Å². The molecule has 1 saturated heterocycles. The van der Waals surface area contributed by atoms with Crippen molar-refractivity contribution in [2.75, 3.05) is 49.7 Å². The Morgan fingerprint density at radius 2 is 1.73 bits per heavy atom. The van der Waals surface area contributed by atoms with Crippen LogP contribution in [0.2, 0.25) is 0 Å². The first-order valence-electron chi connectivity index (χ1n) is 12.2. The maximum atomic E-state index is 13.4. The monoisotopic (exact) mass is 518 g/mol. The van der Waals surface area contributed by atoms with Gasteiger partial charge in [-0.05, 0) is 62.0 Å². The minimum atomic E-state index is -3.40. The Morgan fingerprint density at radius 3 is 2.41 bits per heavy atom. The summed E-state index contributed by atoms with van der Waals surface area (Å²) < 4.78 is 25.6. The number of nitrogens with zero attached hydrogens (tertiary/aromatic N) is 5. The minimum Gasteiger partial charge on any atom is -0.369 e. The summed E-state index contributed by atoms with van der Waals surface area (Å²) in [5.74, 6) is 0.397. The molecule has 0 unspecified atom stereocenters. The van der Waals surface area contributed by atoms with Gasteiger partial charge in [0.15, 0.2) is 9.84 Å². The maximum absolute atomic E-state index is 13.4. The number of aryl methyl sites for hydroxylation is 1. The fourth-order valence-corrected chi connectivity index (χ4v) is 5.23. The third kappa shape index (κ3) is 5.21. The van der Waals surface area contributed by atoms with Crippen molar-refractivity contribution in [3.63, 3.8) is 0 Å². The fourth-order valence-electron chi connectivity index (χ4n) is 4.56. The molecule has 10 heteroatoms. The Bertz CT molecular complexity index is 1610. The van der Waals surface area contributed by atoms with Gasteiger partial charge >= 0.3 is 0 Å². The number of pyridine rings is 1. The van der Waals surface area contributed by atoms with E-state index in [0.717, 1.165) is 38.1 Å². The molecule has 1 N–H and O–H groups in total. The molecular weight excluding hydrogens is 488 g/mol. The number of piperazine rings is 1. The maximum Gasteiger partial charge on any atom is 0.260 e. The van der Waals surface area contributed by atoms with E-state index >= 15 is 0 Å². The first kappa shape index (κ1) is 24.9. The Balaban J connectivity index is 1.45. The standard InChI is InChI=1S/C27H30N6O3S/c1-4-33-25-20(17-24(26(33)34)19-6-5-7-23(16-19)37(3,35)36)18-28-27(30-25)29-21-8-10-22(11-9-21)32-14-12-31(2)13-15-32/h5-11,16-18H,4,12-15H2,1-3H3,(H,28,29,30). The van der Waals surface area contributed by atoms with E-state index in [1.54, 1.807) is 29.0 Å². The van der Waals surface area contributed by atoms with Crippen LogP contribution in [0.5, 0.6) is 0 Å². The zero-order chi connectivity index (χ0) is 26.2. The molecule has 1 aliphatic rings. The molecule has 5 rings (SSSR count).